The molecule has 0 aliphatic carbocycles. The van der Waals surface area contributed by atoms with Gasteiger partial charge in [0.05, 0.1) is 11.8 Å². The quantitative estimate of drug-likeness (QED) is 0.792. The van der Waals surface area contributed by atoms with Crippen LogP contribution >= 0.6 is 0 Å². The molecule has 0 bridgehead atoms. The van der Waals surface area contributed by atoms with E-state index in [1.165, 1.54) is 0 Å². The molecule has 0 aliphatic heterocycles. The molecule has 0 aliphatic rings. The molecule has 17 heavy (non-hydrogen) atoms. The Morgan fingerprint density at radius 2 is 2.06 bits per heavy atom. The van der Waals surface area contributed by atoms with Crippen molar-refractivity contribution in [3.63, 3.8) is 0 Å². The zero-order valence-electron chi connectivity index (χ0n) is 11.6. The standard InChI is InChI=1S/C14H26N2O/c1-5-12(4)16-9-8-13(15-16)6-7-14(17)10-11(2)3/h8-9,11-12,14,17H,5-7,10H2,1-4H3. The Hall–Kier alpha value is -0.830. The van der Waals surface area contributed by atoms with Crippen molar-refractivity contribution in [2.75, 3.05) is 0 Å². The molecule has 98 valence electrons. The van der Waals surface area contributed by atoms with Gasteiger partial charge in [-0.05, 0) is 44.6 Å². The van der Waals surface area contributed by atoms with Crippen LogP contribution in [0.25, 0.3) is 0 Å². The summed E-state index contributed by atoms with van der Waals surface area (Å²) in [6.45, 7) is 8.62. The number of nitrogens with zero attached hydrogens (tertiary/aromatic N) is 2. The van der Waals surface area contributed by atoms with Crippen LogP contribution in [0, 0.1) is 5.92 Å². The van der Waals surface area contributed by atoms with Crippen molar-refractivity contribution >= 4 is 0 Å². The maximum atomic E-state index is 9.81. The maximum Gasteiger partial charge on any atom is 0.0625 e. The van der Waals surface area contributed by atoms with Crippen LogP contribution in [-0.2, 0) is 6.42 Å². The summed E-state index contributed by atoms with van der Waals surface area (Å²) in [7, 11) is 0. The number of aliphatic hydroxyl groups is 1. The third-order valence-corrected chi connectivity index (χ3v) is 3.18. The van der Waals surface area contributed by atoms with Gasteiger partial charge in [-0.2, -0.15) is 5.10 Å². The number of aromatic nitrogens is 2. The van der Waals surface area contributed by atoms with E-state index in [4.69, 9.17) is 0 Å². The molecule has 1 heterocycles. The zero-order chi connectivity index (χ0) is 12.8. The molecule has 0 amide bonds. The third-order valence-electron chi connectivity index (χ3n) is 3.18. The summed E-state index contributed by atoms with van der Waals surface area (Å²) in [6.07, 6.45) is 5.51. The van der Waals surface area contributed by atoms with Gasteiger partial charge in [-0.1, -0.05) is 20.8 Å². The molecule has 0 radical (unpaired) electrons. The first-order valence-electron chi connectivity index (χ1n) is 6.75. The van der Waals surface area contributed by atoms with Gasteiger partial charge in [-0.15, -0.1) is 0 Å². The molecular formula is C14H26N2O. The number of rotatable bonds is 7. The summed E-state index contributed by atoms with van der Waals surface area (Å²) in [4.78, 5) is 0. The fourth-order valence-corrected chi connectivity index (χ4v) is 1.92. The normalized spacial score (nSPS) is 15.2. The van der Waals surface area contributed by atoms with Crippen molar-refractivity contribution in [1.82, 2.24) is 9.78 Å². The summed E-state index contributed by atoms with van der Waals surface area (Å²) in [5.74, 6) is 0.558. The van der Waals surface area contributed by atoms with E-state index in [9.17, 15) is 5.11 Å². The molecule has 1 aromatic heterocycles. The summed E-state index contributed by atoms with van der Waals surface area (Å²) < 4.78 is 2.02. The molecule has 0 saturated heterocycles. The molecule has 3 nitrogen and oxygen atoms in total. The average molecular weight is 238 g/mol. The van der Waals surface area contributed by atoms with Crippen LogP contribution < -0.4 is 0 Å². The average Bonchev–Trinajstić information content (AvgIpc) is 2.73. The van der Waals surface area contributed by atoms with Crippen molar-refractivity contribution in [3.8, 4) is 0 Å². The zero-order valence-corrected chi connectivity index (χ0v) is 11.6. The fourth-order valence-electron chi connectivity index (χ4n) is 1.92. The Bertz CT molecular complexity index is 320. The van der Waals surface area contributed by atoms with Crippen LogP contribution in [0.1, 0.15) is 58.7 Å². The van der Waals surface area contributed by atoms with Crippen LogP contribution in [0.4, 0.5) is 0 Å². The van der Waals surface area contributed by atoms with Crippen LogP contribution in [-0.4, -0.2) is 21.0 Å². The van der Waals surface area contributed by atoms with Crippen molar-refractivity contribution in [2.24, 2.45) is 5.92 Å². The first-order valence-corrected chi connectivity index (χ1v) is 6.75. The molecule has 0 aromatic carbocycles. The van der Waals surface area contributed by atoms with Gasteiger partial charge in [0.2, 0.25) is 0 Å². The van der Waals surface area contributed by atoms with E-state index in [0.29, 0.717) is 12.0 Å². The molecule has 1 rings (SSSR count). The molecule has 0 spiro atoms. The number of aryl methyl sites for hydroxylation is 1. The summed E-state index contributed by atoms with van der Waals surface area (Å²) in [5, 5.41) is 14.3. The van der Waals surface area contributed by atoms with Gasteiger partial charge >= 0.3 is 0 Å². The monoisotopic (exact) mass is 238 g/mol. The molecule has 1 aromatic rings. The first kappa shape index (κ1) is 14.2. The molecule has 2 atom stereocenters. The van der Waals surface area contributed by atoms with Gasteiger partial charge in [0, 0.05) is 12.2 Å². The van der Waals surface area contributed by atoms with E-state index in [0.717, 1.165) is 31.4 Å². The molecule has 0 saturated carbocycles. The summed E-state index contributed by atoms with van der Waals surface area (Å²) >= 11 is 0. The number of hydrogen-bond acceptors (Lipinski definition) is 2. The largest absolute Gasteiger partial charge is 0.393 e. The van der Waals surface area contributed by atoms with Crippen molar-refractivity contribution < 1.29 is 5.11 Å². The van der Waals surface area contributed by atoms with Gasteiger partial charge < -0.3 is 5.11 Å². The lowest BCUT2D eigenvalue weighted by atomic mass is 10.0. The number of aliphatic hydroxyl groups excluding tert-OH is 1. The Balaban J connectivity index is 2.39. The van der Waals surface area contributed by atoms with Crippen molar-refractivity contribution in [1.29, 1.82) is 0 Å². The second kappa shape index (κ2) is 6.80. The second-order valence-electron chi connectivity index (χ2n) is 5.37. The predicted molar refractivity (Wildman–Crippen MR) is 71.0 cm³/mol. The lowest BCUT2D eigenvalue weighted by molar-refractivity contribution is 0.139. The second-order valence-corrected chi connectivity index (χ2v) is 5.37. The summed E-state index contributed by atoms with van der Waals surface area (Å²) in [6, 6.07) is 2.53. The van der Waals surface area contributed by atoms with Crippen molar-refractivity contribution in [3.05, 3.63) is 18.0 Å². The highest BCUT2D eigenvalue weighted by atomic mass is 16.3. The Labute approximate surface area is 105 Å². The van der Waals surface area contributed by atoms with Crippen LogP contribution in [0.2, 0.25) is 0 Å². The van der Waals surface area contributed by atoms with Crippen molar-refractivity contribution in [2.45, 2.75) is 65.5 Å². The maximum absolute atomic E-state index is 9.81. The number of hydrogen-bond donors (Lipinski definition) is 1. The lowest BCUT2D eigenvalue weighted by Crippen LogP contribution is -2.11. The highest BCUT2D eigenvalue weighted by molar-refractivity contribution is 5.00. The Morgan fingerprint density at radius 3 is 2.65 bits per heavy atom. The lowest BCUT2D eigenvalue weighted by Gasteiger charge is -2.12. The topological polar surface area (TPSA) is 38.0 Å². The molecular weight excluding hydrogens is 212 g/mol. The minimum Gasteiger partial charge on any atom is -0.393 e. The fraction of sp³-hybridized carbons (Fsp3) is 0.786. The minimum atomic E-state index is -0.191. The third kappa shape index (κ3) is 4.90. The molecule has 2 unspecified atom stereocenters. The smallest absolute Gasteiger partial charge is 0.0625 e. The van der Waals surface area contributed by atoms with Gasteiger partial charge in [0.15, 0.2) is 0 Å². The van der Waals surface area contributed by atoms with Gasteiger partial charge in [-0.25, -0.2) is 0 Å². The highest BCUT2D eigenvalue weighted by Gasteiger charge is 2.09. The molecule has 3 heteroatoms. The van der Waals surface area contributed by atoms with Gasteiger partial charge in [-0.3, -0.25) is 4.68 Å². The highest BCUT2D eigenvalue weighted by Crippen LogP contribution is 2.13. The SMILES string of the molecule is CCC(C)n1ccc(CCC(O)CC(C)C)n1. The van der Waals surface area contributed by atoms with E-state index >= 15 is 0 Å². The molecule has 0 fully saturated rings. The van der Waals surface area contributed by atoms with E-state index in [1.807, 2.05) is 10.9 Å². The van der Waals surface area contributed by atoms with E-state index in [2.05, 4.69) is 38.9 Å². The Kier molecular flexibility index (Phi) is 5.69. The van der Waals surface area contributed by atoms with E-state index in [-0.39, 0.29) is 6.10 Å². The van der Waals surface area contributed by atoms with Crippen LogP contribution in [0.15, 0.2) is 12.3 Å². The van der Waals surface area contributed by atoms with Gasteiger partial charge in [0.25, 0.3) is 0 Å². The Morgan fingerprint density at radius 1 is 1.35 bits per heavy atom. The minimum absolute atomic E-state index is 0.191. The van der Waals surface area contributed by atoms with E-state index < -0.39 is 0 Å². The van der Waals surface area contributed by atoms with Crippen LogP contribution in [0.3, 0.4) is 0 Å². The first-order chi connectivity index (χ1) is 8.02. The molecule has 1 N–H and O–H groups in total. The predicted octanol–water partition coefficient (Wildman–Crippen LogP) is 3.19. The van der Waals surface area contributed by atoms with Crippen LogP contribution in [0.5, 0.6) is 0 Å². The van der Waals surface area contributed by atoms with E-state index in [1.54, 1.807) is 0 Å². The summed E-state index contributed by atoms with van der Waals surface area (Å²) in [5.41, 5.74) is 1.09. The van der Waals surface area contributed by atoms with Gasteiger partial charge in [0.1, 0.15) is 0 Å².